The van der Waals surface area contributed by atoms with Gasteiger partial charge in [0.2, 0.25) is 0 Å². The third-order valence-corrected chi connectivity index (χ3v) is 8.08. The van der Waals surface area contributed by atoms with Crippen molar-refractivity contribution in [3.8, 4) is 5.75 Å². The molecule has 0 atom stereocenters. The second-order valence-electron chi connectivity index (χ2n) is 9.94. The zero-order valence-corrected chi connectivity index (χ0v) is 24.1. The van der Waals surface area contributed by atoms with Crippen LogP contribution in [-0.4, -0.2) is 71.0 Å². The highest BCUT2D eigenvalue weighted by Gasteiger charge is 2.25. The van der Waals surface area contributed by atoms with Gasteiger partial charge in [0.15, 0.2) is 0 Å². The van der Waals surface area contributed by atoms with Gasteiger partial charge in [-0.15, -0.1) is 11.3 Å². The number of hydrogen-bond donors (Lipinski definition) is 0. The van der Waals surface area contributed by atoms with Gasteiger partial charge in [0.1, 0.15) is 22.3 Å². The Hall–Kier alpha value is -4.18. The first-order valence-corrected chi connectivity index (χ1v) is 14.6. The molecule has 1 aliphatic heterocycles. The molecular formula is C31H34FN5O3S. The molecule has 0 saturated carbocycles. The highest BCUT2D eigenvalue weighted by molar-refractivity contribution is 7.09. The molecule has 41 heavy (non-hydrogen) atoms. The molecule has 0 unspecified atom stereocenters. The van der Waals surface area contributed by atoms with Crippen LogP contribution in [0.4, 0.5) is 10.1 Å². The van der Waals surface area contributed by atoms with Crippen LogP contribution < -0.4 is 9.64 Å². The SMILES string of the molecule is CCCN(Cc1cccn1Cc1nc(C(=O)N2CCN(c3ccc(OC)cc3)CC2)cs1)C(=O)c1ccccc1F. The van der Waals surface area contributed by atoms with Crippen molar-refractivity contribution >= 4 is 28.8 Å². The lowest BCUT2D eigenvalue weighted by molar-refractivity contribution is 0.0729. The summed E-state index contributed by atoms with van der Waals surface area (Å²) in [6.45, 7) is 6.10. The quantitative estimate of drug-likeness (QED) is 0.262. The summed E-state index contributed by atoms with van der Waals surface area (Å²) < 4.78 is 21.6. The van der Waals surface area contributed by atoms with Crippen LogP contribution in [0.3, 0.4) is 0 Å². The zero-order valence-electron chi connectivity index (χ0n) is 23.3. The van der Waals surface area contributed by atoms with Gasteiger partial charge in [-0.05, 0) is 55.0 Å². The number of anilines is 1. The van der Waals surface area contributed by atoms with E-state index in [1.54, 1.807) is 24.1 Å². The molecule has 2 aromatic heterocycles. The van der Waals surface area contributed by atoms with E-state index in [0.29, 0.717) is 38.4 Å². The third-order valence-electron chi connectivity index (χ3n) is 7.24. The fourth-order valence-corrected chi connectivity index (χ4v) is 5.79. The fraction of sp³-hybridized carbons (Fsp3) is 0.323. The number of benzene rings is 2. The molecule has 0 N–H and O–H groups in total. The first-order valence-electron chi connectivity index (χ1n) is 13.8. The number of carbonyl (C=O) groups is 2. The molecule has 0 spiro atoms. The second kappa shape index (κ2) is 13.0. The van der Waals surface area contributed by atoms with Crippen LogP contribution in [0.5, 0.6) is 5.75 Å². The Kier molecular flexibility index (Phi) is 8.98. The van der Waals surface area contributed by atoms with Crippen molar-refractivity contribution < 1.29 is 18.7 Å². The number of carbonyl (C=O) groups excluding carboxylic acids is 2. The maximum absolute atomic E-state index is 14.3. The number of piperazine rings is 1. The Morgan fingerprint density at radius 3 is 2.49 bits per heavy atom. The van der Waals surface area contributed by atoms with Crippen LogP contribution >= 0.6 is 11.3 Å². The summed E-state index contributed by atoms with van der Waals surface area (Å²) in [6, 6.07) is 17.9. The van der Waals surface area contributed by atoms with Crippen molar-refractivity contribution in [2.75, 3.05) is 44.7 Å². The average molecular weight is 576 g/mol. The van der Waals surface area contributed by atoms with E-state index < -0.39 is 5.82 Å². The highest BCUT2D eigenvalue weighted by atomic mass is 32.1. The molecule has 0 aliphatic carbocycles. The summed E-state index contributed by atoms with van der Waals surface area (Å²) in [5.41, 5.74) is 2.57. The molecule has 0 bridgehead atoms. The molecule has 3 heterocycles. The Balaban J connectivity index is 1.20. The summed E-state index contributed by atoms with van der Waals surface area (Å²) in [4.78, 5) is 36.8. The van der Waals surface area contributed by atoms with Crippen molar-refractivity contribution in [1.29, 1.82) is 0 Å². The molecule has 0 radical (unpaired) electrons. The minimum absolute atomic E-state index is 0.0563. The smallest absolute Gasteiger partial charge is 0.273 e. The van der Waals surface area contributed by atoms with Gasteiger partial charge in [-0.25, -0.2) is 9.37 Å². The van der Waals surface area contributed by atoms with Gasteiger partial charge >= 0.3 is 0 Å². The number of amides is 2. The number of halogens is 1. The lowest BCUT2D eigenvalue weighted by Crippen LogP contribution is -2.48. The molecule has 5 rings (SSSR count). The molecule has 8 nitrogen and oxygen atoms in total. The van der Waals surface area contributed by atoms with E-state index in [-0.39, 0.29) is 17.4 Å². The lowest BCUT2D eigenvalue weighted by Gasteiger charge is -2.35. The number of hydrogen-bond acceptors (Lipinski definition) is 6. The Morgan fingerprint density at radius 2 is 1.78 bits per heavy atom. The van der Waals surface area contributed by atoms with Gasteiger partial charge in [-0.2, -0.15) is 0 Å². The van der Waals surface area contributed by atoms with Gasteiger partial charge in [0, 0.05) is 55.7 Å². The van der Waals surface area contributed by atoms with E-state index in [2.05, 4.69) is 9.88 Å². The van der Waals surface area contributed by atoms with Crippen molar-refractivity contribution in [3.05, 3.63) is 100 Å². The van der Waals surface area contributed by atoms with Crippen molar-refractivity contribution in [3.63, 3.8) is 0 Å². The summed E-state index contributed by atoms with van der Waals surface area (Å²) in [5.74, 6) is -0.0782. The van der Waals surface area contributed by atoms with Gasteiger partial charge in [0.25, 0.3) is 11.8 Å². The molecule has 10 heteroatoms. The van der Waals surface area contributed by atoms with Crippen LogP contribution in [0.15, 0.2) is 72.2 Å². The molecular weight excluding hydrogens is 541 g/mol. The first kappa shape index (κ1) is 28.4. The van der Waals surface area contributed by atoms with Gasteiger partial charge in [0.05, 0.1) is 25.8 Å². The Labute approximate surface area is 243 Å². The summed E-state index contributed by atoms with van der Waals surface area (Å²) in [6.07, 6.45) is 2.70. The molecule has 1 fully saturated rings. The van der Waals surface area contributed by atoms with Crippen molar-refractivity contribution in [2.45, 2.75) is 26.4 Å². The predicted octanol–water partition coefficient (Wildman–Crippen LogP) is 5.16. The van der Waals surface area contributed by atoms with Crippen molar-refractivity contribution in [2.24, 2.45) is 0 Å². The van der Waals surface area contributed by atoms with Crippen LogP contribution in [0.25, 0.3) is 0 Å². The molecule has 1 saturated heterocycles. The minimum Gasteiger partial charge on any atom is -0.497 e. The Morgan fingerprint density at radius 1 is 1.02 bits per heavy atom. The first-order chi connectivity index (χ1) is 20.0. The lowest BCUT2D eigenvalue weighted by atomic mass is 10.1. The van der Waals surface area contributed by atoms with Crippen molar-refractivity contribution in [1.82, 2.24) is 19.4 Å². The number of methoxy groups -OCH3 is 1. The summed E-state index contributed by atoms with van der Waals surface area (Å²) in [7, 11) is 1.65. The second-order valence-corrected chi connectivity index (χ2v) is 10.9. The van der Waals surface area contributed by atoms with Crippen LogP contribution in [0.2, 0.25) is 0 Å². The van der Waals surface area contributed by atoms with E-state index in [1.807, 2.05) is 64.4 Å². The zero-order chi connectivity index (χ0) is 28.8. The number of rotatable bonds is 10. The van der Waals surface area contributed by atoms with E-state index in [0.717, 1.165) is 41.6 Å². The monoisotopic (exact) mass is 575 g/mol. The number of thiazole rings is 1. The number of aromatic nitrogens is 2. The van der Waals surface area contributed by atoms with E-state index in [1.165, 1.54) is 23.5 Å². The Bertz CT molecular complexity index is 1480. The normalized spacial score (nSPS) is 13.3. The van der Waals surface area contributed by atoms with E-state index in [4.69, 9.17) is 4.74 Å². The molecule has 2 amide bonds. The molecule has 214 valence electrons. The van der Waals surface area contributed by atoms with E-state index >= 15 is 0 Å². The maximum atomic E-state index is 14.3. The fourth-order valence-electron chi connectivity index (χ4n) is 5.02. The largest absolute Gasteiger partial charge is 0.497 e. The minimum atomic E-state index is -0.517. The number of nitrogens with zero attached hydrogens (tertiary/aromatic N) is 5. The third kappa shape index (κ3) is 6.59. The van der Waals surface area contributed by atoms with E-state index in [9.17, 15) is 14.0 Å². The highest BCUT2D eigenvalue weighted by Crippen LogP contribution is 2.22. The summed E-state index contributed by atoms with van der Waals surface area (Å²) >= 11 is 1.45. The van der Waals surface area contributed by atoms with Gasteiger partial charge < -0.3 is 24.0 Å². The van der Waals surface area contributed by atoms with Gasteiger partial charge in [-0.3, -0.25) is 9.59 Å². The standard InChI is InChI=1S/C31H34FN5O3S/c1-3-14-37(30(38)26-8-4-5-9-27(26)32)20-24-7-6-15-36(24)21-29-33-28(22-41-29)31(39)35-18-16-34(17-19-35)23-10-12-25(40-2)13-11-23/h4-13,15,22H,3,14,16-21H2,1-2H3. The van der Waals surface area contributed by atoms with Crippen LogP contribution in [0.1, 0.15) is 44.9 Å². The molecule has 4 aromatic rings. The van der Waals surface area contributed by atoms with Gasteiger partial charge in [-0.1, -0.05) is 19.1 Å². The summed E-state index contributed by atoms with van der Waals surface area (Å²) in [5, 5.41) is 2.63. The topological polar surface area (TPSA) is 70.9 Å². The predicted molar refractivity (Wildman–Crippen MR) is 158 cm³/mol. The van der Waals surface area contributed by atoms with Crippen LogP contribution in [0, 0.1) is 5.82 Å². The number of ether oxygens (including phenoxy) is 1. The molecule has 2 aromatic carbocycles. The average Bonchev–Trinajstić information content (AvgIpc) is 3.66. The maximum Gasteiger partial charge on any atom is 0.273 e. The van der Waals surface area contributed by atoms with Crippen LogP contribution in [-0.2, 0) is 13.1 Å². The molecule has 1 aliphatic rings.